The molecule has 1 aromatic heterocycles. The van der Waals surface area contributed by atoms with Crippen molar-refractivity contribution in [2.75, 3.05) is 0 Å². The Morgan fingerprint density at radius 3 is 2.03 bits per heavy atom. The lowest BCUT2D eigenvalue weighted by Gasteiger charge is -2.14. The first-order valence-corrected chi connectivity index (χ1v) is 11.7. The van der Waals surface area contributed by atoms with E-state index in [2.05, 4.69) is 108 Å². The highest BCUT2D eigenvalue weighted by atomic mass is 15.0. The van der Waals surface area contributed by atoms with E-state index in [1.807, 2.05) is 0 Å². The highest BCUT2D eigenvalue weighted by molar-refractivity contribution is 6.11. The molecule has 2 aliphatic carbocycles. The Kier molecular flexibility index (Phi) is 3.30. The largest absolute Gasteiger partial charge is 0.309 e. The molecular weight excluding hydrogens is 398 g/mol. The topological polar surface area (TPSA) is 4.93 Å². The summed E-state index contributed by atoms with van der Waals surface area (Å²) in [4.78, 5) is 0. The Balaban J connectivity index is 1.48. The van der Waals surface area contributed by atoms with Crippen molar-refractivity contribution in [1.82, 2.24) is 4.57 Å². The average molecular weight is 420 g/mol. The highest BCUT2D eigenvalue weighted by Crippen LogP contribution is 2.45. The van der Waals surface area contributed by atoms with Crippen molar-refractivity contribution in [3.8, 4) is 27.9 Å². The van der Waals surface area contributed by atoms with Gasteiger partial charge in [0.15, 0.2) is 0 Å². The van der Waals surface area contributed by atoms with E-state index in [-0.39, 0.29) is 0 Å². The molecule has 0 saturated heterocycles. The molecule has 0 aliphatic heterocycles. The molecular formula is C32H21N. The zero-order valence-corrected chi connectivity index (χ0v) is 18.2. The van der Waals surface area contributed by atoms with Gasteiger partial charge in [0, 0.05) is 17.2 Å². The molecule has 8 rings (SSSR count). The lowest BCUT2D eigenvalue weighted by molar-refractivity contribution is 1.12. The molecule has 0 saturated carbocycles. The Morgan fingerprint density at radius 2 is 1.15 bits per heavy atom. The monoisotopic (exact) mass is 419 g/mol. The molecule has 1 heteroatoms. The van der Waals surface area contributed by atoms with Crippen LogP contribution in [0.15, 0.2) is 103 Å². The van der Waals surface area contributed by atoms with Crippen molar-refractivity contribution in [3.63, 3.8) is 0 Å². The van der Waals surface area contributed by atoms with E-state index in [0.29, 0.717) is 0 Å². The third kappa shape index (κ3) is 2.27. The summed E-state index contributed by atoms with van der Waals surface area (Å²) in [7, 11) is 0. The molecule has 154 valence electrons. The van der Waals surface area contributed by atoms with Gasteiger partial charge in [0.05, 0.1) is 16.7 Å². The lowest BCUT2D eigenvalue weighted by atomic mass is 10.0. The predicted octanol–water partition coefficient (Wildman–Crippen LogP) is 7.93. The van der Waals surface area contributed by atoms with Gasteiger partial charge in [-0.2, -0.15) is 0 Å². The minimum atomic E-state index is 0.990. The standard InChI is InChI=1S/C32H21N/c1-4-11-24-20(8-1)16-22-18-29-26-12-5-6-14-30(26)33(32(29)19-27(22)24)31-15-7-13-25-23-10-3-2-9-21(23)17-28(25)31/h1-15,18-19H,16-17H2. The Morgan fingerprint density at radius 1 is 0.455 bits per heavy atom. The van der Waals surface area contributed by atoms with Crippen LogP contribution in [-0.2, 0) is 12.8 Å². The van der Waals surface area contributed by atoms with Gasteiger partial charge in [-0.15, -0.1) is 0 Å². The molecule has 0 fully saturated rings. The summed E-state index contributed by atoms with van der Waals surface area (Å²) in [6.07, 6.45) is 2.01. The maximum Gasteiger partial charge on any atom is 0.0547 e. The fourth-order valence-corrected chi connectivity index (χ4v) is 6.21. The van der Waals surface area contributed by atoms with Crippen LogP contribution in [0.1, 0.15) is 22.3 Å². The molecule has 2 aliphatic rings. The number of hydrogen-bond acceptors (Lipinski definition) is 0. The molecule has 0 unspecified atom stereocenters. The number of fused-ring (bicyclic) bond motifs is 9. The van der Waals surface area contributed by atoms with E-state index in [9.17, 15) is 0 Å². The van der Waals surface area contributed by atoms with E-state index in [4.69, 9.17) is 0 Å². The number of benzene rings is 5. The maximum absolute atomic E-state index is 2.51. The van der Waals surface area contributed by atoms with Crippen molar-refractivity contribution >= 4 is 21.8 Å². The van der Waals surface area contributed by atoms with Crippen LogP contribution in [-0.4, -0.2) is 4.57 Å². The molecule has 0 N–H and O–H groups in total. The fourth-order valence-electron chi connectivity index (χ4n) is 6.21. The van der Waals surface area contributed by atoms with E-state index >= 15 is 0 Å². The minimum Gasteiger partial charge on any atom is -0.309 e. The van der Waals surface area contributed by atoms with Crippen LogP contribution >= 0.6 is 0 Å². The fraction of sp³-hybridized carbons (Fsp3) is 0.0625. The lowest BCUT2D eigenvalue weighted by Crippen LogP contribution is -1.99. The smallest absolute Gasteiger partial charge is 0.0547 e. The number of para-hydroxylation sites is 1. The second kappa shape index (κ2) is 6.24. The van der Waals surface area contributed by atoms with Gasteiger partial charge in [0.2, 0.25) is 0 Å². The Bertz CT molecular complexity index is 1770. The first kappa shape index (κ1) is 17.5. The molecule has 0 amide bonds. The van der Waals surface area contributed by atoms with Gasteiger partial charge >= 0.3 is 0 Å². The summed E-state index contributed by atoms with van der Waals surface area (Å²) < 4.78 is 2.51. The molecule has 6 aromatic rings. The van der Waals surface area contributed by atoms with E-state index < -0.39 is 0 Å². The van der Waals surface area contributed by atoms with Crippen LogP contribution in [0.3, 0.4) is 0 Å². The van der Waals surface area contributed by atoms with Gasteiger partial charge in [-0.25, -0.2) is 0 Å². The number of hydrogen-bond donors (Lipinski definition) is 0. The molecule has 5 aromatic carbocycles. The first-order chi connectivity index (χ1) is 16.4. The number of rotatable bonds is 1. The molecule has 1 heterocycles. The van der Waals surface area contributed by atoms with Crippen molar-refractivity contribution in [3.05, 3.63) is 125 Å². The molecule has 0 radical (unpaired) electrons. The van der Waals surface area contributed by atoms with Crippen LogP contribution in [0, 0.1) is 0 Å². The third-order valence-corrected chi connectivity index (χ3v) is 7.65. The van der Waals surface area contributed by atoms with Crippen LogP contribution < -0.4 is 0 Å². The second-order valence-electron chi connectivity index (χ2n) is 9.35. The molecule has 33 heavy (non-hydrogen) atoms. The van der Waals surface area contributed by atoms with Crippen molar-refractivity contribution in [1.29, 1.82) is 0 Å². The second-order valence-corrected chi connectivity index (χ2v) is 9.35. The summed E-state index contributed by atoms with van der Waals surface area (Å²) in [6, 6.07) is 38.3. The normalized spacial score (nSPS) is 13.2. The Labute approximate surface area is 192 Å². The van der Waals surface area contributed by atoms with Gasteiger partial charge in [0.25, 0.3) is 0 Å². The van der Waals surface area contributed by atoms with Crippen LogP contribution in [0.25, 0.3) is 49.7 Å². The zero-order valence-electron chi connectivity index (χ0n) is 18.2. The number of aromatic nitrogens is 1. The highest BCUT2D eigenvalue weighted by Gasteiger charge is 2.25. The molecule has 1 nitrogen and oxygen atoms in total. The van der Waals surface area contributed by atoms with Gasteiger partial charge < -0.3 is 4.57 Å². The number of nitrogens with zero attached hydrogens (tertiary/aromatic N) is 1. The predicted molar refractivity (Wildman–Crippen MR) is 137 cm³/mol. The molecule has 0 atom stereocenters. The zero-order chi connectivity index (χ0) is 21.5. The third-order valence-electron chi connectivity index (χ3n) is 7.65. The van der Waals surface area contributed by atoms with Crippen molar-refractivity contribution < 1.29 is 0 Å². The van der Waals surface area contributed by atoms with Gasteiger partial charge in [0.1, 0.15) is 0 Å². The van der Waals surface area contributed by atoms with E-state index in [1.54, 1.807) is 0 Å². The van der Waals surface area contributed by atoms with Crippen molar-refractivity contribution in [2.24, 2.45) is 0 Å². The van der Waals surface area contributed by atoms with Gasteiger partial charge in [-0.05, 0) is 75.2 Å². The summed E-state index contributed by atoms with van der Waals surface area (Å²) in [5, 5.41) is 2.68. The summed E-state index contributed by atoms with van der Waals surface area (Å²) in [5.74, 6) is 0. The van der Waals surface area contributed by atoms with Crippen LogP contribution in [0.4, 0.5) is 0 Å². The first-order valence-electron chi connectivity index (χ1n) is 11.7. The molecule has 0 spiro atoms. The average Bonchev–Trinajstić information content (AvgIpc) is 3.52. The van der Waals surface area contributed by atoms with Crippen LogP contribution in [0.5, 0.6) is 0 Å². The van der Waals surface area contributed by atoms with Gasteiger partial charge in [-0.3, -0.25) is 0 Å². The van der Waals surface area contributed by atoms with Gasteiger partial charge in [-0.1, -0.05) is 78.9 Å². The van der Waals surface area contributed by atoms with E-state index in [0.717, 1.165) is 12.8 Å². The van der Waals surface area contributed by atoms with E-state index in [1.165, 1.54) is 72.0 Å². The SMILES string of the molecule is c1ccc2c(c1)Cc1cc3c4ccccc4n(-c4cccc5c4Cc4ccccc4-5)c3cc1-2. The van der Waals surface area contributed by atoms with Crippen molar-refractivity contribution in [2.45, 2.75) is 12.8 Å². The Hall–Kier alpha value is -4.10. The summed E-state index contributed by atoms with van der Waals surface area (Å²) >= 11 is 0. The molecule has 0 bridgehead atoms. The quantitative estimate of drug-likeness (QED) is 0.255. The maximum atomic E-state index is 2.51. The summed E-state index contributed by atoms with van der Waals surface area (Å²) in [6.45, 7) is 0. The van der Waals surface area contributed by atoms with Crippen LogP contribution in [0.2, 0.25) is 0 Å². The minimum absolute atomic E-state index is 0.990. The summed E-state index contributed by atoms with van der Waals surface area (Å²) in [5.41, 5.74) is 15.2.